The van der Waals surface area contributed by atoms with Crippen LogP contribution in [0.15, 0.2) is 18.3 Å². The molecular formula is C22H32ClFN4O. The van der Waals surface area contributed by atoms with Gasteiger partial charge in [0.05, 0.1) is 27.7 Å². The van der Waals surface area contributed by atoms with Gasteiger partial charge in [-0.1, -0.05) is 38.3 Å². The van der Waals surface area contributed by atoms with Crippen molar-refractivity contribution in [1.29, 1.82) is 0 Å². The molecule has 0 spiro atoms. The number of fused-ring (bicyclic) bond motifs is 1. The van der Waals surface area contributed by atoms with E-state index in [1.54, 1.807) is 20.8 Å². The predicted molar refractivity (Wildman–Crippen MR) is 119 cm³/mol. The summed E-state index contributed by atoms with van der Waals surface area (Å²) in [6, 6.07) is 3.32. The standard InChI is InChI=1S/C18H22ClFN4O.C4H10/c1-9(2)24-14-7-11(15-12(19)8-21-10(3)22-15)6-13(20)16(14)23-17(24)18(4,5)25;1-3-4-2/h6-9,17,23,25H,1-5H3;3-4H2,1-2H3. The van der Waals surface area contributed by atoms with Crippen LogP contribution in [0.3, 0.4) is 0 Å². The second kappa shape index (κ2) is 9.26. The number of nitrogens with one attached hydrogen (secondary N) is 1. The molecule has 29 heavy (non-hydrogen) atoms. The lowest BCUT2D eigenvalue weighted by molar-refractivity contribution is 0.0579. The van der Waals surface area contributed by atoms with Crippen molar-refractivity contribution in [2.45, 2.75) is 79.1 Å². The third kappa shape index (κ3) is 5.17. The fourth-order valence-electron chi connectivity index (χ4n) is 3.17. The largest absolute Gasteiger partial charge is 0.386 e. The lowest BCUT2D eigenvalue weighted by atomic mass is 10.0. The van der Waals surface area contributed by atoms with Crippen molar-refractivity contribution in [1.82, 2.24) is 9.97 Å². The van der Waals surface area contributed by atoms with E-state index in [1.807, 2.05) is 24.8 Å². The number of aryl methyl sites for hydroxylation is 1. The summed E-state index contributed by atoms with van der Waals surface area (Å²) in [5.74, 6) is 0.158. The second-order valence-corrected chi connectivity index (χ2v) is 8.57. The molecule has 0 aliphatic carbocycles. The minimum atomic E-state index is -1.06. The molecule has 1 aliphatic heterocycles. The zero-order valence-electron chi connectivity index (χ0n) is 18.3. The van der Waals surface area contributed by atoms with Gasteiger partial charge < -0.3 is 15.3 Å². The highest BCUT2D eigenvalue weighted by atomic mass is 35.5. The van der Waals surface area contributed by atoms with Gasteiger partial charge in [0.25, 0.3) is 0 Å². The number of anilines is 2. The molecule has 2 N–H and O–H groups in total. The Hall–Kier alpha value is -1.92. The Bertz CT molecular complexity index is 849. The van der Waals surface area contributed by atoms with Gasteiger partial charge in [-0.15, -0.1) is 0 Å². The van der Waals surface area contributed by atoms with E-state index in [0.29, 0.717) is 33.5 Å². The fraction of sp³-hybridized carbons (Fsp3) is 0.545. The van der Waals surface area contributed by atoms with Crippen LogP contribution >= 0.6 is 11.6 Å². The Morgan fingerprint density at radius 3 is 2.41 bits per heavy atom. The molecule has 1 atom stereocenters. The lowest BCUT2D eigenvalue weighted by Gasteiger charge is -2.37. The molecule has 2 heterocycles. The molecule has 2 aromatic rings. The molecule has 1 aliphatic rings. The summed E-state index contributed by atoms with van der Waals surface area (Å²) < 4.78 is 14.8. The molecule has 1 aromatic carbocycles. The number of aromatic nitrogens is 2. The summed E-state index contributed by atoms with van der Waals surface area (Å²) in [6.45, 7) is 13.5. The normalized spacial score (nSPS) is 15.7. The topological polar surface area (TPSA) is 61.3 Å². The molecule has 3 rings (SSSR count). The smallest absolute Gasteiger partial charge is 0.149 e. The number of benzene rings is 1. The highest BCUT2D eigenvalue weighted by Crippen LogP contribution is 2.43. The van der Waals surface area contributed by atoms with Crippen molar-refractivity contribution in [2.75, 3.05) is 10.2 Å². The van der Waals surface area contributed by atoms with E-state index in [0.717, 1.165) is 0 Å². The molecule has 1 aromatic heterocycles. The Morgan fingerprint density at radius 2 is 1.90 bits per heavy atom. The highest BCUT2D eigenvalue weighted by Gasteiger charge is 2.41. The molecule has 0 saturated heterocycles. The number of aliphatic hydroxyl groups is 1. The molecule has 160 valence electrons. The van der Waals surface area contributed by atoms with Crippen LogP contribution in [0.2, 0.25) is 5.02 Å². The molecule has 5 nitrogen and oxygen atoms in total. The summed E-state index contributed by atoms with van der Waals surface area (Å²) in [7, 11) is 0. The third-order valence-electron chi connectivity index (χ3n) is 4.77. The first kappa shape index (κ1) is 23.4. The van der Waals surface area contributed by atoms with Crippen LogP contribution in [0.1, 0.15) is 60.2 Å². The molecule has 0 amide bonds. The molecule has 1 unspecified atom stereocenters. The summed E-state index contributed by atoms with van der Waals surface area (Å²) in [4.78, 5) is 10.4. The van der Waals surface area contributed by atoms with E-state index in [-0.39, 0.29) is 6.04 Å². The monoisotopic (exact) mass is 422 g/mol. The first-order valence-electron chi connectivity index (χ1n) is 10.1. The van der Waals surface area contributed by atoms with E-state index in [1.165, 1.54) is 25.1 Å². The van der Waals surface area contributed by atoms with Gasteiger partial charge in [-0.25, -0.2) is 14.4 Å². The van der Waals surface area contributed by atoms with E-state index in [2.05, 4.69) is 29.1 Å². The maximum atomic E-state index is 14.8. The van der Waals surface area contributed by atoms with Crippen molar-refractivity contribution in [3.8, 4) is 11.3 Å². The number of nitrogens with zero attached hydrogens (tertiary/aromatic N) is 3. The summed E-state index contributed by atoms with van der Waals surface area (Å²) in [6.07, 6.45) is 3.72. The average molecular weight is 423 g/mol. The van der Waals surface area contributed by atoms with Crippen molar-refractivity contribution in [2.24, 2.45) is 0 Å². The SMILES string of the molecule is CCCC.Cc1ncc(Cl)c(-c2cc(F)c3c(c2)N(C(C)C)C(C(C)(C)O)N3)n1. The number of unbranched alkanes of at least 4 members (excludes halogenated alkanes) is 1. The van der Waals surface area contributed by atoms with Gasteiger partial charge in [0.15, 0.2) is 0 Å². The van der Waals surface area contributed by atoms with Crippen LogP contribution in [-0.2, 0) is 0 Å². The summed E-state index contributed by atoms with van der Waals surface area (Å²) >= 11 is 6.22. The van der Waals surface area contributed by atoms with E-state index >= 15 is 0 Å². The first-order valence-corrected chi connectivity index (χ1v) is 10.5. The first-order chi connectivity index (χ1) is 13.5. The number of rotatable bonds is 4. The summed E-state index contributed by atoms with van der Waals surface area (Å²) in [5, 5.41) is 14.0. The highest BCUT2D eigenvalue weighted by molar-refractivity contribution is 6.32. The van der Waals surface area contributed by atoms with Crippen molar-refractivity contribution in [3.63, 3.8) is 0 Å². The third-order valence-corrected chi connectivity index (χ3v) is 5.05. The number of hydrogen-bond acceptors (Lipinski definition) is 5. The zero-order chi connectivity index (χ0) is 21.9. The van der Waals surface area contributed by atoms with E-state index in [9.17, 15) is 9.50 Å². The second-order valence-electron chi connectivity index (χ2n) is 8.17. The molecule has 0 fully saturated rings. The number of halogens is 2. The van der Waals surface area contributed by atoms with Gasteiger partial charge in [0.1, 0.15) is 17.8 Å². The maximum Gasteiger partial charge on any atom is 0.149 e. The van der Waals surface area contributed by atoms with Crippen LogP contribution in [0.5, 0.6) is 0 Å². The molecule has 0 bridgehead atoms. The number of hydrogen-bond donors (Lipinski definition) is 2. The van der Waals surface area contributed by atoms with Gasteiger partial charge in [-0.05, 0) is 46.8 Å². The minimum absolute atomic E-state index is 0.0578. The zero-order valence-corrected chi connectivity index (χ0v) is 19.1. The lowest BCUT2D eigenvalue weighted by Crippen LogP contribution is -2.53. The van der Waals surface area contributed by atoms with Gasteiger partial charge in [-0.2, -0.15) is 0 Å². The summed E-state index contributed by atoms with van der Waals surface area (Å²) in [5.41, 5.74) is 1.08. The Balaban J connectivity index is 0.000000687. The van der Waals surface area contributed by atoms with Crippen LogP contribution in [0.4, 0.5) is 15.8 Å². The van der Waals surface area contributed by atoms with Crippen molar-refractivity contribution < 1.29 is 9.50 Å². The van der Waals surface area contributed by atoms with Crippen molar-refractivity contribution in [3.05, 3.63) is 35.0 Å². The molecule has 0 saturated carbocycles. The van der Waals surface area contributed by atoms with E-state index < -0.39 is 17.6 Å². The van der Waals surface area contributed by atoms with E-state index in [4.69, 9.17) is 11.6 Å². The Kier molecular flexibility index (Phi) is 7.46. The molecule has 7 heteroatoms. The van der Waals surface area contributed by atoms with Gasteiger partial charge >= 0.3 is 0 Å². The average Bonchev–Trinajstić information content (AvgIpc) is 3.04. The van der Waals surface area contributed by atoms with Gasteiger partial charge in [0, 0.05) is 17.8 Å². The predicted octanol–water partition coefficient (Wildman–Crippen LogP) is 5.79. The quantitative estimate of drug-likeness (QED) is 0.653. The molecule has 0 radical (unpaired) electrons. The van der Waals surface area contributed by atoms with Gasteiger partial charge in [0.2, 0.25) is 0 Å². The van der Waals surface area contributed by atoms with Crippen LogP contribution < -0.4 is 10.2 Å². The van der Waals surface area contributed by atoms with Crippen molar-refractivity contribution >= 4 is 23.0 Å². The maximum absolute atomic E-state index is 14.8. The van der Waals surface area contributed by atoms with Crippen LogP contribution in [-0.4, -0.2) is 32.9 Å². The van der Waals surface area contributed by atoms with Crippen LogP contribution in [0.25, 0.3) is 11.3 Å². The minimum Gasteiger partial charge on any atom is -0.386 e. The molecular weight excluding hydrogens is 391 g/mol. The Labute approximate surface area is 178 Å². The Morgan fingerprint density at radius 1 is 1.28 bits per heavy atom. The van der Waals surface area contributed by atoms with Crippen LogP contribution in [0, 0.1) is 12.7 Å². The van der Waals surface area contributed by atoms with Gasteiger partial charge in [-0.3, -0.25) is 0 Å². The fourth-order valence-corrected chi connectivity index (χ4v) is 3.37.